The molecule has 1 aliphatic heterocycles. The van der Waals surface area contributed by atoms with Crippen LogP contribution in [-0.4, -0.2) is 43.1 Å². The fraction of sp³-hybridized carbons (Fsp3) is 0.545. The summed E-state index contributed by atoms with van der Waals surface area (Å²) in [6, 6.07) is 4.52. The first-order valence-electron chi connectivity index (χ1n) is 5.20. The molecule has 0 amide bonds. The lowest BCUT2D eigenvalue weighted by Gasteiger charge is -2.20. The highest BCUT2D eigenvalue weighted by atomic mass is 35.5. The molecule has 1 aromatic heterocycles. The van der Waals surface area contributed by atoms with Crippen molar-refractivity contribution >= 4 is 17.4 Å². The number of hydrogen-bond acceptors (Lipinski definition) is 3. The first-order valence-corrected chi connectivity index (χ1v) is 5.57. The third-order valence-corrected chi connectivity index (χ3v) is 3.15. The fourth-order valence-corrected chi connectivity index (χ4v) is 2.04. The van der Waals surface area contributed by atoms with Gasteiger partial charge in [-0.3, -0.25) is 0 Å². The molecule has 1 aliphatic rings. The quantitative estimate of drug-likeness (QED) is 0.766. The highest BCUT2D eigenvalue weighted by Gasteiger charge is 2.24. The van der Waals surface area contributed by atoms with Crippen molar-refractivity contribution < 1.29 is 0 Å². The molecule has 1 atom stereocenters. The van der Waals surface area contributed by atoms with Crippen molar-refractivity contribution in [2.24, 2.45) is 0 Å². The number of aromatic nitrogens is 1. The molecule has 0 radical (unpaired) electrons. The second-order valence-electron chi connectivity index (χ2n) is 4.19. The van der Waals surface area contributed by atoms with E-state index in [0.717, 1.165) is 18.9 Å². The van der Waals surface area contributed by atoms with Gasteiger partial charge in [0.2, 0.25) is 0 Å². The Bertz CT molecular complexity index is 323. The van der Waals surface area contributed by atoms with Crippen LogP contribution in [0.25, 0.3) is 0 Å². The fourth-order valence-electron chi connectivity index (χ4n) is 1.93. The second kappa shape index (κ2) is 4.37. The average molecular weight is 226 g/mol. The molecule has 1 unspecified atom stereocenters. The minimum absolute atomic E-state index is 0.641. The van der Waals surface area contributed by atoms with Crippen LogP contribution in [0.4, 0.5) is 5.82 Å². The number of rotatable bonds is 2. The first kappa shape index (κ1) is 10.7. The van der Waals surface area contributed by atoms with Gasteiger partial charge in [0.25, 0.3) is 0 Å². The maximum Gasteiger partial charge on any atom is 0.128 e. The molecule has 1 saturated heterocycles. The van der Waals surface area contributed by atoms with E-state index in [2.05, 4.69) is 28.9 Å². The Hall–Kier alpha value is -0.800. The van der Waals surface area contributed by atoms with E-state index in [4.69, 9.17) is 11.6 Å². The van der Waals surface area contributed by atoms with Crippen LogP contribution in [0, 0.1) is 0 Å². The van der Waals surface area contributed by atoms with Crippen LogP contribution in [0.5, 0.6) is 0 Å². The van der Waals surface area contributed by atoms with Crippen LogP contribution in [0.3, 0.4) is 0 Å². The molecule has 0 N–H and O–H groups in total. The predicted molar refractivity (Wildman–Crippen MR) is 63.6 cm³/mol. The van der Waals surface area contributed by atoms with Gasteiger partial charge in [0.05, 0.1) is 5.02 Å². The van der Waals surface area contributed by atoms with E-state index in [1.54, 1.807) is 6.20 Å². The van der Waals surface area contributed by atoms with E-state index in [-0.39, 0.29) is 0 Å². The molecule has 82 valence electrons. The Labute approximate surface area is 95.7 Å². The summed E-state index contributed by atoms with van der Waals surface area (Å²) in [6.07, 6.45) is 2.91. The predicted octanol–water partition coefficient (Wildman–Crippen LogP) is 1.88. The van der Waals surface area contributed by atoms with Gasteiger partial charge in [0, 0.05) is 25.3 Å². The van der Waals surface area contributed by atoms with Crippen LogP contribution < -0.4 is 4.90 Å². The molecule has 0 spiro atoms. The Morgan fingerprint density at radius 2 is 2.27 bits per heavy atom. The molecular formula is C11H16ClN3. The maximum absolute atomic E-state index is 5.81. The van der Waals surface area contributed by atoms with Crippen molar-refractivity contribution in [3.63, 3.8) is 0 Å². The summed E-state index contributed by atoms with van der Waals surface area (Å²) in [6.45, 7) is 2.14. The zero-order valence-electron chi connectivity index (χ0n) is 9.15. The summed E-state index contributed by atoms with van der Waals surface area (Å²) >= 11 is 5.81. The normalized spacial score (nSPS) is 21.3. The van der Waals surface area contributed by atoms with Gasteiger partial charge in [0.15, 0.2) is 0 Å². The number of anilines is 1. The summed E-state index contributed by atoms with van der Waals surface area (Å²) in [4.78, 5) is 8.91. The molecule has 2 rings (SSSR count). The van der Waals surface area contributed by atoms with Gasteiger partial charge in [-0.05, 0) is 32.6 Å². The van der Waals surface area contributed by atoms with Gasteiger partial charge < -0.3 is 9.80 Å². The number of hydrogen-bond donors (Lipinski definition) is 0. The topological polar surface area (TPSA) is 19.4 Å². The molecule has 4 heteroatoms. The van der Waals surface area contributed by atoms with Crippen LogP contribution >= 0.6 is 11.6 Å². The van der Waals surface area contributed by atoms with E-state index >= 15 is 0 Å². The van der Waals surface area contributed by atoms with Crippen molar-refractivity contribution in [1.82, 2.24) is 9.88 Å². The Balaban J connectivity index is 2.04. The van der Waals surface area contributed by atoms with E-state index in [9.17, 15) is 0 Å². The van der Waals surface area contributed by atoms with Gasteiger partial charge in [0.1, 0.15) is 5.82 Å². The monoisotopic (exact) mass is 225 g/mol. The van der Waals surface area contributed by atoms with Crippen LogP contribution in [0.15, 0.2) is 18.3 Å². The smallest absolute Gasteiger partial charge is 0.128 e. The van der Waals surface area contributed by atoms with E-state index < -0.39 is 0 Å². The SMILES string of the molecule is CN(C)C1CCN(c2ccc(Cl)cn2)C1. The van der Waals surface area contributed by atoms with Crippen molar-refractivity contribution in [2.75, 3.05) is 32.1 Å². The van der Waals surface area contributed by atoms with Gasteiger partial charge >= 0.3 is 0 Å². The van der Waals surface area contributed by atoms with Gasteiger partial charge in [-0.2, -0.15) is 0 Å². The number of nitrogens with zero attached hydrogens (tertiary/aromatic N) is 3. The molecule has 0 bridgehead atoms. The molecule has 0 aliphatic carbocycles. The molecule has 0 saturated carbocycles. The molecule has 1 aromatic rings. The van der Waals surface area contributed by atoms with Crippen molar-refractivity contribution in [1.29, 1.82) is 0 Å². The number of likely N-dealkylation sites (N-methyl/N-ethyl adjacent to an activating group) is 1. The average Bonchev–Trinajstić information content (AvgIpc) is 2.68. The summed E-state index contributed by atoms with van der Waals surface area (Å²) < 4.78 is 0. The van der Waals surface area contributed by atoms with Gasteiger partial charge in [-0.15, -0.1) is 0 Å². The van der Waals surface area contributed by atoms with Crippen molar-refractivity contribution in [2.45, 2.75) is 12.5 Å². The zero-order valence-corrected chi connectivity index (χ0v) is 9.91. The summed E-state index contributed by atoms with van der Waals surface area (Å²) in [5, 5.41) is 0.696. The lowest BCUT2D eigenvalue weighted by molar-refractivity contribution is 0.315. The summed E-state index contributed by atoms with van der Waals surface area (Å²) in [7, 11) is 4.26. The minimum atomic E-state index is 0.641. The zero-order chi connectivity index (χ0) is 10.8. The molecular weight excluding hydrogens is 210 g/mol. The van der Waals surface area contributed by atoms with Crippen LogP contribution in [0.2, 0.25) is 5.02 Å². The lowest BCUT2D eigenvalue weighted by Crippen LogP contribution is -2.31. The van der Waals surface area contributed by atoms with Gasteiger partial charge in [-0.1, -0.05) is 11.6 Å². The van der Waals surface area contributed by atoms with Gasteiger partial charge in [-0.25, -0.2) is 4.98 Å². The third kappa shape index (κ3) is 2.41. The second-order valence-corrected chi connectivity index (χ2v) is 4.62. The van der Waals surface area contributed by atoms with Crippen molar-refractivity contribution in [3.8, 4) is 0 Å². The molecule has 1 fully saturated rings. The third-order valence-electron chi connectivity index (χ3n) is 2.93. The van der Waals surface area contributed by atoms with E-state index in [0.29, 0.717) is 11.1 Å². The minimum Gasteiger partial charge on any atom is -0.355 e. The summed E-state index contributed by atoms with van der Waals surface area (Å²) in [5.41, 5.74) is 0. The standard InChI is InChI=1S/C11H16ClN3/c1-14(2)10-5-6-15(8-10)11-4-3-9(12)7-13-11/h3-4,7,10H,5-6,8H2,1-2H3. The Kier molecular flexibility index (Phi) is 3.12. The Morgan fingerprint density at radius 1 is 1.47 bits per heavy atom. The molecule has 3 nitrogen and oxygen atoms in total. The largest absolute Gasteiger partial charge is 0.355 e. The number of halogens is 1. The Morgan fingerprint density at radius 3 is 2.80 bits per heavy atom. The molecule has 0 aromatic carbocycles. The lowest BCUT2D eigenvalue weighted by atomic mass is 10.2. The van der Waals surface area contributed by atoms with E-state index in [1.807, 2.05) is 12.1 Å². The highest BCUT2D eigenvalue weighted by Crippen LogP contribution is 2.21. The molecule has 2 heterocycles. The first-order chi connectivity index (χ1) is 7.16. The maximum atomic E-state index is 5.81. The summed E-state index contributed by atoms with van der Waals surface area (Å²) in [5.74, 6) is 1.03. The van der Waals surface area contributed by atoms with Crippen LogP contribution in [0.1, 0.15) is 6.42 Å². The van der Waals surface area contributed by atoms with Crippen molar-refractivity contribution in [3.05, 3.63) is 23.4 Å². The highest BCUT2D eigenvalue weighted by molar-refractivity contribution is 6.30. The van der Waals surface area contributed by atoms with Crippen LogP contribution in [-0.2, 0) is 0 Å². The number of pyridine rings is 1. The molecule has 15 heavy (non-hydrogen) atoms. The van der Waals surface area contributed by atoms with E-state index in [1.165, 1.54) is 6.42 Å².